The quantitative estimate of drug-likeness (QED) is 0.783. The average molecular weight is 244 g/mol. The summed E-state index contributed by atoms with van der Waals surface area (Å²) < 4.78 is 2.00. The second kappa shape index (κ2) is 6.19. The molecule has 0 atom stereocenters. The zero-order valence-corrected chi connectivity index (χ0v) is 11.1. The molecule has 1 aromatic heterocycles. The largest absolute Gasteiger partial charge is 0.367 e. The van der Waals surface area contributed by atoms with Gasteiger partial charge in [-0.25, -0.2) is 9.67 Å². The molecule has 1 aromatic carbocycles. The molecule has 4 nitrogen and oxygen atoms in total. The van der Waals surface area contributed by atoms with E-state index in [9.17, 15) is 0 Å². The lowest BCUT2D eigenvalue weighted by atomic mass is 10.3. The van der Waals surface area contributed by atoms with E-state index in [0.717, 1.165) is 25.3 Å². The van der Waals surface area contributed by atoms with Gasteiger partial charge in [-0.2, -0.15) is 5.10 Å². The monoisotopic (exact) mass is 244 g/mol. The highest BCUT2D eigenvalue weighted by molar-refractivity contribution is 5.44. The predicted octanol–water partition coefficient (Wildman–Crippen LogP) is 2.71. The fourth-order valence-corrected chi connectivity index (χ4v) is 1.89. The van der Waals surface area contributed by atoms with Gasteiger partial charge in [-0.05, 0) is 18.6 Å². The van der Waals surface area contributed by atoms with E-state index in [0.29, 0.717) is 0 Å². The fourth-order valence-electron chi connectivity index (χ4n) is 1.89. The molecule has 2 aromatic rings. The molecule has 2 rings (SSSR count). The molecule has 0 aliphatic heterocycles. The van der Waals surface area contributed by atoms with E-state index in [2.05, 4.69) is 41.1 Å². The van der Waals surface area contributed by atoms with E-state index in [1.165, 1.54) is 12.1 Å². The predicted molar refractivity (Wildman–Crippen MR) is 73.5 cm³/mol. The Labute approximate surface area is 108 Å². The third kappa shape index (κ3) is 3.09. The van der Waals surface area contributed by atoms with Crippen molar-refractivity contribution in [2.24, 2.45) is 0 Å². The van der Waals surface area contributed by atoms with Crippen LogP contribution in [-0.2, 0) is 13.1 Å². The zero-order valence-electron chi connectivity index (χ0n) is 11.1. The van der Waals surface area contributed by atoms with Crippen molar-refractivity contribution in [1.29, 1.82) is 0 Å². The third-order valence-electron chi connectivity index (χ3n) is 2.99. The van der Waals surface area contributed by atoms with Crippen LogP contribution in [0.25, 0.3) is 0 Å². The highest BCUT2D eigenvalue weighted by atomic mass is 15.3. The molecule has 0 bridgehead atoms. The number of rotatable bonds is 6. The molecule has 0 unspecified atom stereocenters. The van der Waals surface area contributed by atoms with E-state index in [-0.39, 0.29) is 0 Å². The summed E-state index contributed by atoms with van der Waals surface area (Å²) in [6.07, 6.45) is 3.96. The summed E-state index contributed by atoms with van der Waals surface area (Å²) in [6.45, 7) is 3.93. The first-order valence-electron chi connectivity index (χ1n) is 6.44. The molecule has 0 aliphatic rings. The van der Waals surface area contributed by atoms with Gasteiger partial charge < -0.3 is 4.90 Å². The Hall–Kier alpha value is -1.84. The molecular formula is C14H20N4. The molecule has 18 heavy (non-hydrogen) atoms. The average Bonchev–Trinajstić information content (AvgIpc) is 2.84. The van der Waals surface area contributed by atoms with E-state index < -0.39 is 0 Å². The van der Waals surface area contributed by atoms with E-state index in [4.69, 9.17) is 0 Å². The Balaban J connectivity index is 2.03. The molecule has 1 heterocycles. The third-order valence-corrected chi connectivity index (χ3v) is 2.99. The second-order valence-electron chi connectivity index (χ2n) is 4.44. The molecule has 0 N–H and O–H groups in total. The minimum atomic E-state index is 0.785. The maximum absolute atomic E-state index is 4.34. The number of hydrogen-bond acceptors (Lipinski definition) is 3. The van der Waals surface area contributed by atoms with Gasteiger partial charge >= 0.3 is 0 Å². The van der Waals surface area contributed by atoms with Crippen LogP contribution in [0, 0.1) is 0 Å². The first-order valence-corrected chi connectivity index (χ1v) is 6.44. The highest BCUT2D eigenvalue weighted by Crippen LogP contribution is 2.13. The van der Waals surface area contributed by atoms with Crippen molar-refractivity contribution in [3.63, 3.8) is 0 Å². The van der Waals surface area contributed by atoms with Crippen LogP contribution in [0.4, 0.5) is 5.69 Å². The summed E-state index contributed by atoms with van der Waals surface area (Å²) in [5.41, 5.74) is 1.20. The van der Waals surface area contributed by atoms with Crippen LogP contribution in [0.5, 0.6) is 0 Å². The first kappa shape index (κ1) is 12.6. The summed E-state index contributed by atoms with van der Waals surface area (Å²) in [7, 11) is 2.08. The van der Waals surface area contributed by atoms with Crippen LogP contribution in [0.3, 0.4) is 0 Å². The van der Waals surface area contributed by atoms with E-state index in [1.54, 1.807) is 6.33 Å². The Bertz CT molecular complexity index is 464. The summed E-state index contributed by atoms with van der Waals surface area (Å²) in [5, 5.41) is 4.28. The van der Waals surface area contributed by atoms with Crippen molar-refractivity contribution >= 4 is 5.69 Å². The number of nitrogens with zero attached hydrogens (tertiary/aromatic N) is 4. The molecule has 0 fully saturated rings. The zero-order chi connectivity index (χ0) is 12.8. The Morgan fingerprint density at radius 3 is 2.72 bits per heavy atom. The number of para-hydroxylation sites is 1. The molecule has 96 valence electrons. The van der Waals surface area contributed by atoms with Crippen LogP contribution in [0.1, 0.15) is 25.6 Å². The van der Waals surface area contributed by atoms with Gasteiger partial charge in [0.2, 0.25) is 0 Å². The Kier molecular flexibility index (Phi) is 4.34. The topological polar surface area (TPSA) is 34.0 Å². The summed E-state index contributed by atoms with van der Waals surface area (Å²) in [4.78, 5) is 6.53. The van der Waals surface area contributed by atoms with Crippen LogP contribution >= 0.6 is 0 Å². The van der Waals surface area contributed by atoms with Crippen molar-refractivity contribution in [1.82, 2.24) is 14.8 Å². The number of benzene rings is 1. The molecular weight excluding hydrogens is 224 g/mol. The lowest BCUT2D eigenvalue weighted by Crippen LogP contribution is -2.20. The van der Waals surface area contributed by atoms with Crippen molar-refractivity contribution in [2.75, 3.05) is 11.9 Å². The van der Waals surface area contributed by atoms with Crippen LogP contribution < -0.4 is 4.90 Å². The minimum Gasteiger partial charge on any atom is -0.367 e. The second-order valence-corrected chi connectivity index (χ2v) is 4.44. The van der Waals surface area contributed by atoms with E-state index >= 15 is 0 Å². The van der Waals surface area contributed by atoms with Gasteiger partial charge in [-0.1, -0.05) is 31.5 Å². The van der Waals surface area contributed by atoms with Gasteiger partial charge in [-0.15, -0.1) is 0 Å². The van der Waals surface area contributed by atoms with Gasteiger partial charge in [0, 0.05) is 19.3 Å². The molecule has 0 aliphatic carbocycles. The summed E-state index contributed by atoms with van der Waals surface area (Å²) in [5.74, 6) is 1.02. The molecule has 0 amide bonds. The normalized spacial score (nSPS) is 10.6. The summed E-state index contributed by atoms with van der Waals surface area (Å²) in [6, 6.07) is 10.3. The number of hydrogen-bond donors (Lipinski definition) is 0. The molecule has 4 heteroatoms. The highest BCUT2D eigenvalue weighted by Gasteiger charge is 2.07. The minimum absolute atomic E-state index is 0.785. The molecule has 0 saturated carbocycles. The first-order chi connectivity index (χ1) is 8.81. The van der Waals surface area contributed by atoms with E-state index in [1.807, 2.05) is 22.9 Å². The fraction of sp³-hybridized carbons (Fsp3) is 0.429. The SMILES string of the molecule is CCCCn1ncnc1CN(C)c1ccccc1. The number of unbranched alkanes of at least 4 members (excludes halogenated alkanes) is 1. The smallest absolute Gasteiger partial charge is 0.146 e. The maximum atomic E-state index is 4.34. The van der Waals surface area contributed by atoms with Crippen molar-refractivity contribution in [3.05, 3.63) is 42.5 Å². The summed E-state index contributed by atoms with van der Waals surface area (Å²) >= 11 is 0. The van der Waals surface area contributed by atoms with Gasteiger partial charge in [-0.3, -0.25) is 0 Å². The van der Waals surface area contributed by atoms with Gasteiger partial charge in [0.1, 0.15) is 12.2 Å². The van der Waals surface area contributed by atoms with Crippen LogP contribution in [0.15, 0.2) is 36.7 Å². The van der Waals surface area contributed by atoms with Crippen molar-refractivity contribution in [3.8, 4) is 0 Å². The Morgan fingerprint density at radius 2 is 2.00 bits per heavy atom. The Morgan fingerprint density at radius 1 is 1.22 bits per heavy atom. The molecule has 0 saturated heterocycles. The van der Waals surface area contributed by atoms with Gasteiger partial charge in [0.15, 0.2) is 0 Å². The lowest BCUT2D eigenvalue weighted by molar-refractivity contribution is 0.542. The molecule has 0 spiro atoms. The number of anilines is 1. The van der Waals surface area contributed by atoms with Crippen LogP contribution in [0.2, 0.25) is 0 Å². The van der Waals surface area contributed by atoms with Gasteiger partial charge in [0.25, 0.3) is 0 Å². The number of aryl methyl sites for hydroxylation is 1. The standard InChI is InChI=1S/C14H20N4/c1-3-4-10-18-14(15-12-16-18)11-17(2)13-8-6-5-7-9-13/h5-9,12H,3-4,10-11H2,1-2H3. The molecule has 0 radical (unpaired) electrons. The van der Waals surface area contributed by atoms with Gasteiger partial charge in [0.05, 0.1) is 6.54 Å². The van der Waals surface area contributed by atoms with Crippen molar-refractivity contribution in [2.45, 2.75) is 32.9 Å². The number of aromatic nitrogens is 3. The lowest BCUT2D eigenvalue weighted by Gasteiger charge is -2.18. The van der Waals surface area contributed by atoms with Crippen molar-refractivity contribution < 1.29 is 0 Å². The maximum Gasteiger partial charge on any atom is 0.146 e. The van der Waals surface area contributed by atoms with Crippen LogP contribution in [-0.4, -0.2) is 21.8 Å².